The Bertz CT molecular complexity index is 1220. The number of esters is 1. The molecule has 0 saturated heterocycles. The van der Waals surface area contributed by atoms with Gasteiger partial charge >= 0.3 is 5.97 Å². The summed E-state index contributed by atoms with van der Waals surface area (Å²) < 4.78 is 5.51. The first-order chi connectivity index (χ1) is 40.0. The van der Waals surface area contributed by atoms with E-state index in [0.29, 0.717) is 25.9 Å². The molecular formula is C75H147NO5. The number of hydrogen-bond acceptors (Lipinski definition) is 5. The van der Waals surface area contributed by atoms with Crippen molar-refractivity contribution in [3.8, 4) is 0 Å². The molecule has 6 heteroatoms. The van der Waals surface area contributed by atoms with E-state index in [9.17, 15) is 19.8 Å². The van der Waals surface area contributed by atoms with Gasteiger partial charge in [-0.25, -0.2) is 0 Å². The molecule has 482 valence electrons. The number of amides is 1. The Balaban J connectivity index is 3.37. The van der Waals surface area contributed by atoms with E-state index >= 15 is 0 Å². The molecule has 6 nitrogen and oxygen atoms in total. The Kier molecular flexibility index (Phi) is 69.9. The van der Waals surface area contributed by atoms with Crippen LogP contribution in [0.25, 0.3) is 0 Å². The highest BCUT2D eigenvalue weighted by molar-refractivity contribution is 5.76. The number of unbranched alkanes of at least 4 members (excludes halogenated alkanes) is 58. The number of aliphatic hydroxyl groups excluding tert-OH is 2. The second-order valence-corrected chi connectivity index (χ2v) is 26.0. The van der Waals surface area contributed by atoms with Gasteiger partial charge < -0.3 is 20.3 Å². The Hall–Kier alpha value is -1.40. The molecule has 0 aromatic carbocycles. The molecule has 0 aliphatic carbocycles. The summed E-state index contributed by atoms with van der Waals surface area (Å²) in [5.41, 5.74) is 0. The minimum Gasteiger partial charge on any atom is -0.466 e. The minimum absolute atomic E-state index is 0.0132. The lowest BCUT2D eigenvalue weighted by molar-refractivity contribution is -0.143. The van der Waals surface area contributed by atoms with Crippen molar-refractivity contribution >= 4 is 11.9 Å². The van der Waals surface area contributed by atoms with Crippen LogP contribution in [0.15, 0.2) is 12.2 Å². The van der Waals surface area contributed by atoms with Gasteiger partial charge in [-0.3, -0.25) is 9.59 Å². The van der Waals surface area contributed by atoms with E-state index in [4.69, 9.17) is 4.74 Å². The predicted octanol–water partition coefficient (Wildman–Crippen LogP) is 24.3. The predicted molar refractivity (Wildman–Crippen MR) is 357 cm³/mol. The van der Waals surface area contributed by atoms with Crippen LogP contribution >= 0.6 is 0 Å². The SMILES string of the molecule is CCCCCCCC/C=C\CCCCCCCCCCCC(=O)OCCCCCCCCCCCCCCCCCCCCCCCC(=O)NC(CO)C(O)CCCCCCCCCCCCCCCCCCCCCCCCCC. The quantitative estimate of drug-likeness (QED) is 0.0320. The van der Waals surface area contributed by atoms with E-state index < -0.39 is 12.1 Å². The van der Waals surface area contributed by atoms with Gasteiger partial charge in [0.05, 0.1) is 25.4 Å². The van der Waals surface area contributed by atoms with Gasteiger partial charge in [-0.15, -0.1) is 0 Å². The topological polar surface area (TPSA) is 95.9 Å². The third kappa shape index (κ3) is 67.6. The van der Waals surface area contributed by atoms with Crippen LogP contribution in [-0.4, -0.2) is 47.4 Å². The van der Waals surface area contributed by atoms with E-state index in [1.54, 1.807) is 0 Å². The van der Waals surface area contributed by atoms with E-state index in [2.05, 4.69) is 31.3 Å². The second-order valence-electron chi connectivity index (χ2n) is 26.0. The molecule has 0 aromatic heterocycles. The van der Waals surface area contributed by atoms with Gasteiger partial charge in [0.1, 0.15) is 0 Å². The van der Waals surface area contributed by atoms with E-state index in [0.717, 1.165) is 44.9 Å². The van der Waals surface area contributed by atoms with Crippen molar-refractivity contribution in [3.63, 3.8) is 0 Å². The molecule has 2 unspecified atom stereocenters. The number of nitrogens with one attached hydrogen (secondary N) is 1. The zero-order valence-electron chi connectivity index (χ0n) is 55.3. The fraction of sp³-hybridized carbons (Fsp3) is 0.947. The molecule has 0 rings (SSSR count). The van der Waals surface area contributed by atoms with Crippen LogP contribution in [0, 0.1) is 0 Å². The van der Waals surface area contributed by atoms with Gasteiger partial charge in [-0.2, -0.15) is 0 Å². The van der Waals surface area contributed by atoms with Gasteiger partial charge in [-0.1, -0.05) is 379 Å². The van der Waals surface area contributed by atoms with Gasteiger partial charge in [0.15, 0.2) is 0 Å². The van der Waals surface area contributed by atoms with Crippen LogP contribution in [0.2, 0.25) is 0 Å². The molecular weight excluding hydrogens is 995 g/mol. The number of allylic oxidation sites excluding steroid dienone is 2. The average Bonchev–Trinajstić information content (AvgIpc) is 3.47. The highest BCUT2D eigenvalue weighted by Gasteiger charge is 2.20. The molecule has 0 saturated carbocycles. The molecule has 0 aliphatic heterocycles. The Labute approximate surface area is 508 Å². The highest BCUT2D eigenvalue weighted by Crippen LogP contribution is 2.20. The van der Waals surface area contributed by atoms with Crippen LogP contribution in [0.1, 0.15) is 431 Å². The van der Waals surface area contributed by atoms with Crippen molar-refractivity contribution < 1.29 is 24.5 Å². The van der Waals surface area contributed by atoms with Crippen molar-refractivity contribution in [1.82, 2.24) is 5.32 Å². The first-order valence-electron chi connectivity index (χ1n) is 37.4. The largest absolute Gasteiger partial charge is 0.466 e. The second kappa shape index (κ2) is 71.1. The summed E-state index contributed by atoms with van der Waals surface area (Å²) in [6.07, 6.45) is 88.4. The summed E-state index contributed by atoms with van der Waals surface area (Å²) in [5.74, 6) is -0.0170. The van der Waals surface area contributed by atoms with Crippen LogP contribution in [0.5, 0.6) is 0 Å². The number of ether oxygens (including phenoxy) is 1. The molecule has 0 spiro atoms. The summed E-state index contributed by atoms with van der Waals surface area (Å²) in [6.45, 7) is 5.00. The van der Waals surface area contributed by atoms with Crippen molar-refractivity contribution in [2.24, 2.45) is 0 Å². The zero-order chi connectivity index (χ0) is 58.5. The first-order valence-corrected chi connectivity index (χ1v) is 37.4. The Morgan fingerprint density at radius 3 is 0.877 bits per heavy atom. The van der Waals surface area contributed by atoms with E-state index in [1.165, 1.54) is 353 Å². The molecule has 0 aliphatic rings. The maximum Gasteiger partial charge on any atom is 0.305 e. The molecule has 0 bridgehead atoms. The van der Waals surface area contributed by atoms with Gasteiger partial charge in [0, 0.05) is 12.8 Å². The van der Waals surface area contributed by atoms with Crippen LogP contribution in [-0.2, 0) is 14.3 Å². The fourth-order valence-electron chi connectivity index (χ4n) is 12.1. The van der Waals surface area contributed by atoms with Gasteiger partial charge in [0.2, 0.25) is 5.91 Å². The molecule has 0 radical (unpaired) electrons. The number of carbonyl (C=O) groups is 2. The van der Waals surface area contributed by atoms with Crippen molar-refractivity contribution in [2.75, 3.05) is 13.2 Å². The minimum atomic E-state index is -0.666. The van der Waals surface area contributed by atoms with Gasteiger partial charge in [-0.05, 0) is 51.4 Å². The van der Waals surface area contributed by atoms with Crippen molar-refractivity contribution in [3.05, 3.63) is 12.2 Å². The maximum absolute atomic E-state index is 12.6. The molecule has 2 atom stereocenters. The summed E-state index contributed by atoms with van der Waals surface area (Å²) in [5, 5.41) is 23.5. The number of carbonyl (C=O) groups excluding carboxylic acids is 2. The maximum atomic E-state index is 12.6. The Morgan fingerprint density at radius 1 is 0.333 bits per heavy atom. The molecule has 1 amide bonds. The van der Waals surface area contributed by atoms with Crippen LogP contribution in [0.4, 0.5) is 0 Å². The van der Waals surface area contributed by atoms with E-state index in [1.807, 2.05) is 0 Å². The monoisotopic (exact) mass is 1140 g/mol. The molecule has 3 N–H and O–H groups in total. The van der Waals surface area contributed by atoms with Gasteiger partial charge in [0.25, 0.3) is 0 Å². The number of rotatable bonds is 71. The standard InChI is InChI=1S/C75H147NO5/c1-3-5-7-9-11-13-15-17-19-21-23-24-25-26-28-32-35-39-43-47-51-55-59-63-67-73(78)72(71-77)76-74(79)68-64-60-56-52-48-44-40-36-33-29-27-30-34-38-42-46-50-54-58-62-66-70-81-75(80)69-65-61-57-53-49-45-41-37-31-22-20-18-16-14-12-10-8-6-4-2/h18,20,72-73,77-78H,3-17,19,21-71H2,1-2H3,(H,76,79)/b20-18-. The van der Waals surface area contributed by atoms with Crippen LogP contribution < -0.4 is 5.32 Å². The average molecular weight is 1140 g/mol. The normalized spacial score (nSPS) is 12.5. The number of aliphatic hydroxyl groups is 2. The summed E-state index contributed by atoms with van der Waals surface area (Å²) in [4.78, 5) is 24.7. The zero-order valence-corrected chi connectivity index (χ0v) is 55.3. The molecule has 0 heterocycles. The fourth-order valence-corrected chi connectivity index (χ4v) is 12.1. The Morgan fingerprint density at radius 2 is 0.580 bits per heavy atom. The summed E-state index contributed by atoms with van der Waals surface area (Å²) >= 11 is 0. The lowest BCUT2D eigenvalue weighted by atomic mass is 10.0. The third-order valence-corrected chi connectivity index (χ3v) is 17.8. The van der Waals surface area contributed by atoms with Crippen molar-refractivity contribution in [2.45, 2.75) is 443 Å². The highest BCUT2D eigenvalue weighted by atomic mass is 16.5. The van der Waals surface area contributed by atoms with Crippen molar-refractivity contribution in [1.29, 1.82) is 0 Å². The molecule has 0 fully saturated rings. The lowest BCUT2D eigenvalue weighted by Crippen LogP contribution is -2.45. The molecule has 81 heavy (non-hydrogen) atoms. The molecule has 0 aromatic rings. The van der Waals surface area contributed by atoms with Crippen LogP contribution in [0.3, 0.4) is 0 Å². The smallest absolute Gasteiger partial charge is 0.305 e. The van der Waals surface area contributed by atoms with E-state index in [-0.39, 0.29) is 18.5 Å². The first kappa shape index (κ1) is 79.6. The summed E-state index contributed by atoms with van der Waals surface area (Å²) in [7, 11) is 0. The third-order valence-electron chi connectivity index (χ3n) is 17.8. The summed E-state index contributed by atoms with van der Waals surface area (Å²) in [6, 6.07) is -0.543. The number of hydrogen-bond donors (Lipinski definition) is 3. The lowest BCUT2D eigenvalue weighted by Gasteiger charge is -2.22.